The lowest BCUT2D eigenvalue weighted by atomic mass is 10.1. The summed E-state index contributed by atoms with van der Waals surface area (Å²) in [5.74, 6) is -4.27. The molecule has 2 fully saturated rings. The fourth-order valence-corrected chi connectivity index (χ4v) is 9.26. The van der Waals surface area contributed by atoms with Gasteiger partial charge in [-0.3, -0.25) is 34.8 Å². The van der Waals surface area contributed by atoms with E-state index in [1.807, 2.05) is 0 Å². The molecule has 4 aromatic carbocycles. The van der Waals surface area contributed by atoms with Crippen molar-refractivity contribution in [3.05, 3.63) is 125 Å². The summed E-state index contributed by atoms with van der Waals surface area (Å²) in [6.07, 6.45) is 1.07. The van der Waals surface area contributed by atoms with E-state index in [0.29, 0.717) is 69.2 Å². The number of aromatic amines is 2. The number of fused-ring (bicyclic) bond motifs is 2. The van der Waals surface area contributed by atoms with Crippen LogP contribution in [-0.2, 0) is 35.1 Å². The lowest BCUT2D eigenvalue weighted by molar-refractivity contribution is -0.146. The Hall–Kier alpha value is -10.3. The number of nitrogens with two attached hydrogens (primary N) is 2. The van der Waals surface area contributed by atoms with Gasteiger partial charge in [-0.25, -0.2) is 19.2 Å². The molecule has 0 radical (unpaired) electrons. The van der Waals surface area contributed by atoms with Crippen molar-refractivity contribution < 1.29 is 57.4 Å². The average Bonchev–Trinajstić information content (AvgIpc) is 4.23. The first-order valence-corrected chi connectivity index (χ1v) is 25.3. The van der Waals surface area contributed by atoms with Crippen LogP contribution in [0.2, 0.25) is 0 Å². The monoisotopic (exact) mass is 1090 g/mol. The number of nitrogens with zero attached hydrogens (tertiary/aromatic N) is 2. The van der Waals surface area contributed by atoms with E-state index in [-0.39, 0.29) is 78.7 Å². The number of nitrogens with one attached hydrogen (secondary N) is 10. The van der Waals surface area contributed by atoms with Crippen LogP contribution in [0.4, 0.5) is 21.0 Å². The third-order valence-corrected chi connectivity index (χ3v) is 13.4. The van der Waals surface area contributed by atoms with Crippen molar-refractivity contribution >= 4 is 98.8 Å². The highest BCUT2D eigenvalue weighted by atomic mass is 16.5. The topological polar surface area (TPSA) is 391 Å². The molecule has 8 rings (SSSR count). The van der Waals surface area contributed by atoms with Crippen molar-refractivity contribution in [3.63, 3.8) is 0 Å². The van der Waals surface area contributed by atoms with Crippen molar-refractivity contribution in [2.24, 2.45) is 11.5 Å². The van der Waals surface area contributed by atoms with Gasteiger partial charge in [0.2, 0.25) is 11.8 Å². The summed E-state index contributed by atoms with van der Waals surface area (Å²) >= 11 is 0. The number of aldehydes is 1. The van der Waals surface area contributed by atoms with Gasteiger partial charge < -0.3 is 77.3 Å². The van der Waals surface area contributed by atoms with Crippen LogP contribution in [0.1, 0.15) is 67.8 Å². The Kier molecular flexibility index (Phi) is 17.4. The molecule has 0 bridgehead atoms. The summed E-state index contributed by atoms with van der Waals surface area (Å²) in [4.78, 5) is 129. The molecule has 14 N–H and O–H groups in total. The normalized spacial score (nSPS) is 15.6. The summed E-state index contributed by atoms with van der Waals surface area (Å²) in [7, 11) is 1.39. The van der Waals surface area contributed by atoms with Gasteiger partial charge in [0.15, 0.2) is 12.0 Å². The summed E-state index contributed by atoms with van der Waals surface area (Å²) in [5, 5.41) is 31.5. The quantitative estimate of drug-likeness (QED) is 0.0200. The number of benzene rings is 4. The molecule has 4 unspecified atom stereocenters. The molecule has 26 nitrogen and oxygen atoms in total. The molecule has 8 amide bonds. The van der Waals surface area contributed by atoms with E-state index in [1.165, 1.54) is 16.9 Å². The van der Waals surface area contributed by atoms with Crippen LogP contribution in [0.3, 0.4) is 0 Å². The zero-order valence-corrected chi connectivity index (χ0v) is 43.4. The molecule has 2 aliphatic rings. The van der Waals surface area contributed by atoms with E-state index in [9.17, 15) is 43.2 Å². The highest BCUT2D eigenvalue weighted by Gasteiger charge is 2.36. The standard InChI is InChI=1S/C54H58N14O12/c1-3-79-51(74)40(25-59-53(76)65-38-18-21-67(49(38)72)31-13-9-29(10-14-31)45(55)56)63-47(70)42-35(27-69)34-24-28(8-17-37(34)61-42)20-23-80-52(75)41(64-48(71)43-44(78-2)33-6-4-5-7-36(33)62-43)26-60-54(77)66-39-19-22-68(50(39)73)32-15-11-30(12-16-32)46(57)58/h4-17,24,27,38-41,61-62H,3,18-23,25-26H2,1-2H3,(H3,55,56)(H3,57,58)(H,63,70)(H,64,71)(H2,59,65,76)(H2,60,66,77). The predicted molar refractivity (Wildman–Crippen MR) is 292 cm³/mol. The minimum Gasteiger partial charge on any atom is -0.494 e. The number of anilines is 2. The number of rotatable bonds is 22. The highest BCUT2D eigenvalue weighted by molar-refractivity contribution is 6.11. The molecule has 26 heteroatoms. The molecule has 2 aromatic heterocycles. The number of aromatic nitrogens is 2. The third-order valence-electron chi connectivity index (χ3n) is 13.4. The number of nitrogen functional groups attached to an aromatic ring is 2. The first kappa shape index (κ1) is 55.9. The van der Waals surface area contributed by atoms with Crippen LogP contribution in [0.25, 0.3) is 21.8 Å². The predicted octanol–water partition coefficient (Wildman–Crippen LogP) is 1.79. The van der Waals surface area contributed by atoms with Gasteiger partial charge in [-0.2, -0.15) is 0 Å². The van der Waals surface area contributed by atoms with Crippen LogP contribution < -0.4 is 57.9 Å². The maximum Gasteiger partial charge on any atom is 0.330 e. The number of methoxy groups -OCH3 is 1. The van der Waals surface area contributed by atoms with Gasteiger partial charge in [-0.15, -0.1) is 0 Å². The first-order valence-electron chi connectivity index (χ1n) is 25.3. The molecule has 6 aromatic rings. The molecule has 416 valence electrons. The van der Waals surface area contributed by atoms with E-state index in [4.69, 9.17) is 36.5 Å². The van der Waals surface area contributed by atoms with E-state index in [0.717, 1.165) is 0 Å². The number of amides is 8. The van der Waals surface area contributed by atoms with Crippen LogP contribution >= 0.6 is 0 Å². The summed E-state index contributed by atoms with van der Waals surface area (Å²) in [6, 6.07) is 18.5. The zero-order valence-electron chi connectivity index (χ0n) is 43.4. The smallest absolute Gasteiger partial charge is 0.330 e. The number of carbonyl (C=O) groups is 9. The van der Waals surface area contributed by atoms with E-state index < -0.39 is 73.1 Å². The first-order chi connectivity index (χ1) is 38.5. The summed E-state index contributed by atoms with van der Waals surface area (Å²) < 4.78 is 16.3. The second-order valence-electron chi connectivity index (χ2n) is 18.5. The Bertz CT molecular complexity index is 3410. The van der Waals surface area contributed by atoms with Crippen molar-refractivity contribution in [2.45, 2.75) is 50.4 Å². The van der Waals surface area contributed by atoms with E-state index in [2.05, 4.69) is 41.9 Å². The molecule has 2 saturated heterocycles. The number of amidine groups is 2. The number of ether oxygens (including phenoxy) is 3. The third kappa shape index (κ3) is 12.6. The van der Waals surface area contributed by atoms with Crippen molar-refractivity contribution in [1.29, 1.82) is 10.8 Å². The lowest BCUT2D eigenvalue weighted by Gasteiger charge is -2.20. The number of hydrogen-bond donors (Lipinski definition) is 12. The highest BCUT2D eigenvalue weighted by Crippen LogP contribution is 2.30. The fraction of sp³-hybridized carbons (Fsp3) is 0.278. The molecule has 0 spiro atoms. The average molecular weight is 1100 g/mol. The molecule has 0 aliphatic carbocycles. The number of urea groups is 2. The number of para-hydroxylation sites is 1. The second kappa shape index (κ2) is 24.8. The molecule has 4 heterocycles. The fourth-order valence-electron chi connectivity index (χ4n) is 9.26. The number of hydrogen-bond acceptors (Lipinski definition) is 14. The summed E-state index contributed by atoms with van der Waals surface area (Å²) in [5.41, 5.74) is 14.4. The summed E-state index contributed by atoms with van der Waals surface area (Å²) in [6.45, 7) is 0.901. The van der Waals surface area contributed by atoms with Gasteiger partial charge in [-0.05, 0) is 98.1 Å². The number of H-pyrrole nitrogens is 2. The Morgan fingerprint density at radius 1 is 0.688 bits per heavy atom. The van der Waals surface area contributed by atoms with Gasteiger partial charge in [0.25, 0.3) is 11.8 Å². The second-order valence-corrected chi connectivity index (χ2v) is 18.5. The Balaban J connectivity index is 0.890. The van der Waals surface area contributed by atoms with Crippen molar-refractivity contribution in [3.8, 4) is 5.75 Å². The van der Waals surface area contributed by atoms with Crippen LogP contribution in [0, 0.1) is 10.8 Å². The largest absolute Gasteiger partial charge is 0.494 e. The van der Waals surface area contributed by atoms with E-state index in [1.54, 1.807) is 97.9 Å². The number of carbonyl (C=O) groups excluding carboxylic acids is 9. The minimum absolute atomic E-state index is 0.000949. The molecule has 4 atom stereocenters. The molecule has 0 saturated carbocycles. The molecule has 80 heavy (non-hydrogen) atoms. The molecular formula is C54H58N14O12. The van der Waals surface area contributed by atoms with Crippen molar-refractivity contribution in [2.75, 3.05) is 56.3 Å². The molecule has 2 aliphatic heterocycles. The van der Waals surface area contributed by atoms with E-state index >= 15 is 0 Å². The van der Waals surface area contributed by atoms with Crippen molar-refractivity contribution in [1.82, 2.24) is 41.9 Å². The van der Waals surface area contributed by atoms with Crippen LogP contribution in [0.5, 0.6) is 5.75 Å². The lowest BCUT2D eigenvalue weighted by Crippen LogP contribution is -2.53. The van der Waals surface area contributed by atoms with Crippen LogP contribution in [0.15, 0.2) is 91.0 Å². The maximum atomic E-state index is 13.8. The Morgan fingerprint density at radius 2 is 1.19 bits per heavy atom. The molecular weight excluding hydrogens is 1040 g/mol. The zero-order chi connectivity index (χ0) is 57.2. The van der Waals surface area contributed by atoms with Gasteiger partial charge in [0, 0.05) is 63.8 Å². The maximum absolute atomic E-state index is 13.8. The van der Waals surface area contributed by atoms with Gasteiger partial charge in [0.05, 0.1) is 39.0 Å². The van der Waals surface area contributed by atoms with Gasteiger partial charge in [-0.1, -0.05) is 18.2 Å². The van der Waals surface area contributed by atoms with Gasteiger partial charge >= 0.3 is 24.0 Å². The van der Waals surface area contributed by atoms with Gasteiger partial charge in [0.1, 0.15) is 47.2 Å². The Labute approximate surface area is 456 Å². The SMILES string of the molecule is CCOC(=O)C(CNC(=O)NC1CCN(c2ccc(C(=N)N)cc2)C1=O)NC(=O)c1[nH]c2ccc(CCOC(=O)C(CNC(=O)NC3CCN(c4ccc(C(=N)N)cc4)C3=O)NC(=O)c3[nH]c4ccccc4c3OC)cc2c1C=O. The minimum atomic E-state index is -1.47. The van der Waals surface area contributed by atoms with Crippen LogP contribution in [-0.4, -0.2) is 146 Å². The Morgan fingerprint density at radius 3 is 1.70 bits per heavy atom. The number of esters is 2.